The first-order valence-corrected chi connectivity index (χ1v) is 6.74. The molecule has 0 spiro atoms. The molecular weight excluding hydrogens is 264 g/mol. The Balaban J connectivity index is 1.74. The fourth-order valence-electron chi connectivity index (χ4n) is 1.96. The van der Waals surface area contributed by atoms with Gasteiger partial charge < -0.3 is 10.1 Å². The number of carbonyl (C=O) groups excluding carboxylic acids is 1. The predicted molar refractivity (Wildman–Crippen MR) is 70.8 cm³/mol. The number of thiazole rings is 1. The van der Waals surface area contributed by atoms with Crippen molar-refractivity contribution in [3.05, 3.63) is 28.7 Å². The Bertz CT molecular complexity index is 587. The molecule has 0 saturated carbocycles. The van der Waals surface area contributed by atoms with Gasteiger partial charge in [0.25, 0.3) is 0 Å². The average Bonchev–Trinajstić information content (AvgIpc) is 2.99. The number of anilines is 2. The molecule has 0 unspecified atom stereocenters. The summed E-state index contributed by atoms with van der Waals surface area (Å²) in [5.41, 5.74) is 1.38. The number of carbonyl (C=O) groups is 1. The van der Waals surface area contributed by atoms with Crippen molar-refractivity contribution in [1.82, 2.24) is 15.0 Å². The van der Waals surface area contributed by atoms with E-state index in [1.54, 1.807) is 11.3 Å². The summed E-state index contributed by atoms with van der Waals surface area (Å²) in [6.07, 6.45) is 6.25. The van der Waals surface area contributed by atoms with E-state index in [-0.39, 0.29) is 5.69 Å². The third-order valence-electron chi connectivity index (χ3n) is 2.88. The van der Waals surface area contributed by atoms with E-state index < -0.39 is 5.97 Å². The SMILES string of the molecule is COC(=O)c1cnc(Nc2nc3c(s2)CCC3)cn1. The van der Waals surface area contributed by atoms with Crippen LogP contribution in [0, 0.1) is 0 Å². The zero-order chi connectivity index (χ0) is 13.2. The summed E-state index contributed by atoms with van der Waals surface area (Å²) < 4.78 is 4.56. The second-order valence-corrected chi connectivity index (χ2v) is 5.23. The number of esters is 1. The lowest BCUT2D eigenvalue weighted by atomic mass is 10.4. The van der Waals surface area contributed by atoms with Gasteiger partial charge in [0.1, 0.15) is 0 Å². The standard InChI is InChI=1S/C12H12N4O2S/c1-18-11(17)8-5-14-10(6-13-8)16-12-15-7-3-2-4-9(7)19-12/h5-6H,2-4H2,1H3,(H,14,15,16). The number of methoxy groups -OCH3 is 1. The fraction of sp³-hybridized carbons (Fsp3) is 0.333. The van der Waals surface area contributed by atoms with Crippen LogP contribution >= 0.6 is 11.3 Å². The molecule has 2 aromatic rings. The summed E-state index contributed by atoms with van der Waals surface area (Å²) >= 11 is 1.65. The van der Waals surface area contributed by atoms with Crippen molar-refractivity contribution in [2.75, 3.05) is 12.4 Å². The zero-order valence-corrected chi connectivity index (χ0v) is 11.2. The Labute approximate surface area is 113 Å². The number of aromatic nitrogens is 3. The highest BCUT2D eigenvalue weighted by Gasteiger charge is 2.17. The van der Waals surface area contributed by atoms with E-state index in [0.717, 1.165) is 18.0 Å². The Kier molecular flexibility index (Phi) is 3.12. The molecule has 0 fully saturated rings. The number of nitrogens with one attached hydrogen (secondary N) is 1. The molecule has 0 amide bonds. The second kappa shape index (κ2) is 4.93. The number of ether oxygens (including phenoxy) is 1. The molecule has 0 aromatic carbocycles. The molecule has 98 valence electrons. The van der Waals surface area contributed by atoms with E-state index in [2.05, 4.69) is 25.0 Å². The Morgan fingerprint density at radius 2 is 2.26 bits per heavy atom. The summed E-state index contributed by atoms with van der Waals surface area (Å²) in [7, 11) is 1.31. The van der Waals surface area contributed by atoms with Gasteiger partial charge in [0.05, 0.1) is 25.2 Å². The molecule has 2 heterocycles. The number of hydrogen-bond acceptors (Lipinski definition) is 7. The molecule has 1 N–H and O–H groups in total. The van der Waals surface area contributed by atoms with Crippen LogP contribution in [0.4, 0.5) is 10.9 Å². The van der Waals surface area contributed by atoms with Crippen molar-refractivity contribution in [3.63, 3.8) is 0 Å². The number of nitrogens with zero attached hydrogens (tertiary/aromatic N) is 3. The van der Waals surface area contributed by atoms with Crippen LogP contribution in [0.15, 0.2) is 12.4 Å². The predicted octanol–water partition coefficient (Wildman–Crippen LogP) is 1.95. The molecule has 0 aliphatic heterocycles. The topological polar surface area (TPSA) is 77.0 Å². The van der Waals surface area contributed by atoms with Gasteiger partial charge in [-0.3, -0.25) is 0 Å². The van der Waals surface area contributed by atoms with Crippen molar-refractivity contribution in [3.8, 4) is 0 Å². The van der Waals surface area contributed by atoms with Gasteiger partial charge in [-0.05, 0) is 19.3 Å². The van der Waals surface area contributed by atoms with E-state index in [9.17, 15) is 4.79 Å². The van der Waals surface area contributed by atoms with Gasteiger partial charge in [-0.25, -0.2) is 19.7 Å². The van der Waals surface area contributed by atoms with Gasteiger partial charge in [0, 0.05) is 4.88 Å². The number of hydrogen-bond donors (Lipinski definition) is 1. The van der Waals surface area contributed by atoms with Crippen molar-refractivity contribution in [2.45, 2.75) is 19.3 Å². The monoisotopic (exact) mass is 276 g/mol. The van der Waals surface area contributed by atoms with Crippen LogP contribution in [0.3, 0.4) is 0 Å². The van der Waals surface area contributed by atoms with Crippen LogP contribution in [-0.4, -0.2) is 28.0 Å². The third-order valence-corrected chi connectivity index (χ3v) is 3.95. The van der Waals surface area contributed by atoms with Crippen LogP contribution in [0.1, 0.15) is 27.5 Å². The lowest BCUT2D eigenvalue weighted by molar-refractivity contribution is 0.0593. The first-order valence-electron chi connectivity index (χ1n) is 5.92. The minimum atomic E-state index is -0.493. The maximum absolute atomic E-state index is 11.2. The van der Waals surface area contributed by atoms with E-state index in [4.69, 9.17) is 0 Å². The fourth-order valence-corrected chi connectivity index (χ4v) is 3.01. The van der Waals surface area contributed by atoms with E-state index in [1.807, 2.05) is 0 Å². The molecule has 1 aliphatic carbocycles. The van der Waals surface area contributed by atoms with Crippen molar-refractivity contribution < 1.29 is 9.53 Å². The van der Waals surface area contributed by atoms with Gasteiger partial charge in [0.2, 0.25) is 0 Å². The van der Waals surface area contributed by atoms with Gasteiger partial charge >= 0.3 is 5.97 Å². The van der Waals surface area contributed by atoms with Gasteiger partial charge in [-0.2, -0.15) is 0 Å². The van der Waals surface area contributed by atoms with Gasteiger partial charge in [-0.1, -0.05) is 0 Å². The van der Waals surface area contributed by atoms with Crippen LogP contribution < -0.4 is 5.32 Å². The highest BCUT2D eigenvalue weighted by Crippen LogP contribution is 2.31. The Morgan fingerprint density at radius 3 is 2.95 bits per heavy atom. The van der Waals surface area contributed by atoms with Gasteiger partial charge in [-0.15, -0.1) is 11.3 Å². The second-order valence-electron chi connectivity index (χ2n) is 4.15. The third kappa shape index (κ3) is 2.41. The Hall–Kier alpha value is -2.02. The smallest absolute Gasteiger partial charge is 0.358 e. The molecule has 2 aromatic heterocycles. The Morgan fingerprint density at radius 1 is 1.37 bits per heavy atom. The van der Waals surface area contributed by atoms with E-state index >= 15 is 0 Å². The summed E-state index contributed by atoms with van der Waals surface area (Å²) in [6.45, 7) is 0. The molecule has 0 atom stereocenters. The van der Waals surface area contributed by atoms with Gasteiger partial charge in [0.15, 0.2) is 16.6 Å². The number of fused-ring (bicyclic) bond motifs is 1. The minimum absolute atomic E-state index is 0.190. The van der Waals surface area contributed by atoms with Crippen LogP contribution in [0.2, 0.25) is 0 Å². The van der Waals surface area contributed by atoms with Crippen molar-refractivity contribution in [1.29, 1.82) is 0 Å². The van der Waals surface area contributed by atoms with Crippen molar-refractivity contribution >= 4 is 28.3 Å². The highest BCUT2D eigenvalue weighted by molar-refractivity contribution is 7.15. The largest absolute Gasteiger partial charge is 0.464 e. The molecule has 3 rings (SSSR count). The lowest BCUT2D eigenvalue weighted by Crippen LogP contribution is -2.05. The summed E-state index contributed by atoms with van der Waals surface area (Å²) in [6, 6.07) is 0. The van der Waals surface area contributed by atoms with Crippen LogP contribution in [-0.2, 0) is 17.6 Å². The average molecular weight is 276 g/mol. The first kappa shape index (κ1) is 12.0. The first-order chi connectivity index (χ1) is 9.26. The molecule has 0 radical (unpaired) electrons. The molecule has 0 saturated heterocycles. The van der Waals surface area contributed by atoms with E-state index in [0.29, 0.717) is 5.82 Å². The number of aryl methyl sites for hydroxylation is 2. The van der Waals surface area contributed by atoms with E-state index in [1.165, 1.54) is 36.5 Å². The molecule has 0 bridgehead atoms. The molecular formula is C12H12N4O2S. The number of rotatable bonds is 3. The van der Waals surface area contributed by atoms with Crippen LogP contribution in [0.5, 0.6) is 0 Å². The highest BCUT2D eigenvalue weighted by atomic mass is 32.1. The molecule has 7 heteroatoms. The molecule has 19 heavy (non-hydrogen) atoms. The lowest BCUT2D eigenvalue weighted by Gasteiger charge is -2.02. The summed E-state index contributed by atoms with van der Waals surface area (Å²) in [5.74, 6) is 0.0763. The zero-order valence-electron chi connectivity index (χ0n) is 10.3. The molecule has 1 aliphatic rings. The quantitative estimate of drug-likeness (QED) is 0.863. The maximum Gasteiger partial charge on any atom is 0.358 e. The van der Waals surface area contributed by atoms with Crippen LogP contribution in [0.25, 0.3) is 0 Å². The summed E-state index contributed by atoms with van der Waals surface area (Å²) in [5, 5.41) is 3.92. The van der Waals surface area contributed by atoms with Crippen molar-refractivity contribution in [2.24, 2.45) is 0 Å². The summed E-state index contributed by atoms with van der Waals surface area (Å²) in [4.78, 5) is 25.2. The normalized spacial score (nSPS) is 13.1. The molecule has 6 nitrogen and oxygen atoms in total. The minimum Gasteiger partial charge on any atom is -0.464 e. The maximum atomic E-state index is 11.2.